The van der Waals surface area contributed by atoms with E-state index in [1.807, 2.05) is 24.3 Å². The van der Waals surface area contributed by atoms with Crippen LogP contribution in [-0.2, 0) is 9.53 Å². The molecule has 0 saturated carbocycles. The van der Waals surface area contributed by atoms with Gasteiger partial charge in [0.05, 0.1) is 25.5 Å². The van der Waals surface area contributed by atoms with E-state index < -0.39 is 5.97 Å². The van der Waals surface area contributed by atoms with E-state index in [0.29, 0.717) is 10.6 Å². The first kappa shape index (κ1) is 16.4. The molecule has 2 aromatic rings. The Kier molecular flexibility index (Phi) is 5.85. The van der Waals surface area contributed by atoms with Crippen molar-refractivity contribution >= 4 is 40.0 Å². The third kappa shape index (κ3) is 4.25. The maximum Gasteiger partial charge on any atom is 0.340 e. The third-order valence-electron chi connectivity index (χ3n) is 2.75. The second kappa shape index (κ2) is 7.86. The summed E-state index contributed by atoms with van der Waals surface area (Å²) in [6, 6.07) is 9.09. The van der Waals surface area contributed by atoms with Gasteiger partial charge in [-0.05, 0) is 35.7 Å². The largest absolute Gasteiger partial charge is 0.497 e. The van der Waals surface area contributed by atoms with E-state index >= 15 is 0 Å². The van der Waals surface area contributed by atoms with Crippen molar-refractivity contribution < 1.29 is 19.1 Å². The molecule has 2 rings (SSSR count). The molecule has 0 unspecified atom stereocenters. The van der Waals surface area contributed by atoms with Crippen LogP contribution in [0.2, 0.25) is 0 Å². The molecule has 1 aromatic heterocycles. The maximum atomic E-state index is 12.0. The fraction of sp³-hybridized carbons (Fsp3) is 0.200. The van der Waals surface area contributed by atoms with Crippen molar-refractivity contribution in [3.63, 3.8) is 0 Å². The highest BCUT2D eigenvalue weighted by Gasteiger charge is 2.15. The number of thiophene rings is 1. The summed E-state index contributed by atoms with van der Waals surface area (Å²) in [5.74, 6) is 0.396. The molecule has 0 atom stereocenters. The second-order valence-corrected chi connectivity index (χ2v) is 6.13. The minimum atomic E-state index is -0.459. The van der Waals surface area contributed by atoms with Crippen LogP contribution in [0.15, 0.2) is 40.6 Å². The molecule has 0 aliphatic heterocycles. The van der Waals surface area contributed by atoms with E-state index in [4.69, 9.17) is 4.74 Å². The Morgan fingerprint density at radius 1 is 1.18 bits per heavy atom. The van der Waals surface area contributed by atoms with Crippen LogP contribution in [0.4, 0.5) is 5.00 Å². The summed E-state index contributed by atoms with van der Waals surface area (Å²) < 4.78 is 9.75. The van der Waals surface area contributed by atoms with Crippen molar-refractivity contribution in [1.82, 2.24) is 0 Å². The van der Waals surface area contributed by atoms with Gasteiger partial charge in [-0.25, -0.2) is 4.79 Å². The van der Waals surface area contributed by atoms with Crippen LogP contribution in [0.1, 0.15) is 10.4 Å². The standard InChI is InChI=1S/C15H15NO4S2/c1-19-10-3-5-11(6-4-10)22-9-13(17)16-14-12(7-8-21-14)15(18)20-2/h3-8H,9H2,1-2H3,(H,16,17). The molecule has 1 amide bonds. The minimum Gasteiger partial charge on any atom is -0.497 e. The highest BCUT2D eigenvalue weighted by atomic mass is 32.2. The zero-order chi connectivity index (χ0) is 15.9. The summed E-state index contributed by atoms with van der Waals surface area (Å²) in [5.41, 5.74) is 0.371. The Labute approximate surface area is 136 Å². The van der Waals surface area contributed by atoms with Crippen molar-refractivity contribution in [2.75, 3.05) is 25.3 Å². The number of esters is 1. The maximum absolute atomic E-state index is 12.0. The second-order valence-electron chi connectivity index (χ2n) is 4.17. The molecule has 1 heterocycles. The number of carbonyl (C=O) groups excluding carboxylic acids is 2. The van der Waals surface area contributed by atoms with Crippen molar-refractivity contribution in [1.29, 1.82) is 0 Å². The molecule has 0 radical (unpaired) electrons. The Balaban J connectivity index is 1.90. The van der Waals surface area contributed by atoms with Crippen LogP contribution in [0.5, 0.6) is 5.75 Å². The average molecular weight is 337 g/mol. The monoisotopic (exact) mass is 337 g/mol. The van der Waals surface area contributed by atoms with Crippen LogP contribution in [0, 0.1) is 0 Å². The quantitative estimate of drug-likeness (QED) is 0.647. The summed E-state index contributed by atoms with van der Waals surface area (Å²) in [6.07, 6.45) is 0. The van der Waals surface area contributed by atoms with Gasteiger partial charge in [-0.1, -0.05) is 0 Å². The number of amides is 1. The van der Waals surface area contributed by atoms with Gasteiger partial charge in [0.25, 0.3) is 0 Å². The first-order chi connectivity index (χ1) is 10.6. The van der Waals surface area contributed by atoms with Crippen LogP contribution in [-0.4, -0.2) is 31.8 Å². The molecule has 22 heavy (non-hydrogen) atoms. The predicted octanol–water partition coefficient (Wildman–Crippen LogP) is 3.27. The summed E-state index contributed by atoms with van der Waals surface area (Å²) in [5, 5.41) is 4.97. The summed E-state index contributed by atoms with van der Waals surface area (Å²) in [6.45, 7) is 0. The molecule has 0 aliphatic rings. The molecule has 0 aliphatic carbocycles. The molecule has 1 aromatic carbocycles. The van der Waals surface area contributed by atoms with Gasteiger partial charge in [0.1, 0.15) is 10.8 Å². The van der Waals surface area contributed by atoms with Crippen LogP contribution in [0.3, 0.4) is 0 Å². The van der Waals surface area contributed by atoms with Crippen molar-refractivity contribution in [2.45, 2.75) is 4.90 Å². The predicted molar refractivity (Wildman–Crippen MR) is 88.0 cm³/mol. The van der Waals surface area contributed by atoms with E-state index in [1.54, 1.807) is 18.6 Å². The van der Waals surface area contributed by atoms with Crippen LogP contribution < -0.4 is 10.1 Å². The Morgan fingerprint density at radius 3 is 2.55 bits per heavy atom. The van der Waals surface area contributed by atoms with E-state index in [-0.39, 0.29) is 11.7 Å². The molecule has 0 fully saturated rings. The molecule has 1 N–H and O–H groups in total. The number of benzene rings is 1. The minimum absolute atomic E-state index is 0.173. The van der Waals surface area contributed by atoms with E-state index in [0.717, 1.165) is 10.6 Å². The number of rotatable bonds is 6. The van der Waals surface area contributed by atoms with Gasteiger partial charge >= 0.3 is 5.97 Å². The lowest BCUT2D eigenvalue weighted by atomic mass is 10.3. The lowest BCUT2D eigenvalue weighted by Gasteiger charge is -2.06. The van der Waals surface area contributed by atoms with E-state index in [9.17, 15) is 9.59 Å². The zero-order valence-corrected chi connectivity index (χ0v) is 13.8. The van der Waals surface area contributed by atoms with Gasteiger partial charge in [0.15, 0.2) is 0 Å². The Morgan fingerprint density at radius 2 is 1.91 bits per heavy atom. The normalized spacial score (nSPS) is 10.1. The highest BCUT2D eigenvalue weighted by Crippen LogP contribution is 2.25. The highest BCUT2D eigenvalue weighted by molar-refractivity contribution is 8.00. The third-order valence-corrected chi connectivity index (χ3v) is 4.59. The van der Waals surface area contributed by atoms with Gasteiger partial charge in [-0.3, -0.25) is 4.79 Å². The van der Waals surface area contributed by atoms with Crippen molar-refractivity contribution in [2.24, 2.45) is 0 Å². The molecular weight excluding hydrogens is 322 g/mol. The fourth-order valence-corrected chi connectivity index (χ4v) is 3.15. The summed E-state index contributed by atoms with van der Waals surface area (Å²) in [4.78, 5) is 24.5. The summed E-state index contributed by atoms with van der Waals surface area (Å²) in [7, 11) is 2.92. The Bertz CT molecular complexity index is 652. The van der Waals surface area contributed by atoms with Crippen molar-refractivity contribution in [3.05, 3.63) is 41.3 Å². The van der Waals surface area contributed by atoms with E-state index in [2.05, 4.69) is 10.1 Å². The first-order valence-corrected chi connectivity index (χ1v) is 8.23. The molecule has 7 heteroatoms. The number of hydrogen-bond donors (Lipinski definition) is 1. The summed E-state index contributed by atoms with van der Waals surface area (Å²) >= 11 is 2.70. The van der Waals surface area contributed by atoms with Gasteiger partial charge < -0.3 is 14.8 Å². The van der Waals surface area contributed by atoms with Gasteiger partial charge in [0.2, 0.25) is 5.91 Å². The van der Waals surface area contributed by atoms with E-state index in [1.165, 1.54) is 30.2 Å². The number of nitrogens with one attached hydrogen (secondary N) is 1. The SMILES string of the molecule is COC(=O)c1ccsc1NC(=O)CSc1ccc(OC)cc1. The molecule has 116 valence electrons. The Hall–Kier alpha value is -1.99. The number of hydrogen-bond acceptors (Lipinski definition) is 6. The molecule has 0 saturated heterocycles. The molecule has 0 bridgehead atoms. The average Bonchev–Trinajstić information content (AvgIpc) is 3.00. The fourth-order valence-electron chi connectivity index (χ4n) is 1.66. The number of anilines is 1. The van der Waals surface area contributed by atoms with Crippen LogP contribution >= 0.6 is 23.1 Å². The molecule has 0 spiro atoms. The molecule has 5 nitrogen and oxygen atoms in total. The lowest BCUT2D eigenvalue weighted by molar-refractivity contribution is -0.113. The number of methoxy groups -OCH3 is 2. The van der Waals surface area contributed by atoms with Gasteiger partial charge in [-0.2, -0.15) is 0 Å². The van der Waals surface area contributed by atoms with Crippen LogP contribution in [0.25, 0.3) is 0 Å². The number of thioether (sulfide) groups is 1. The number of carbonyl (C=O) groups is 2. The van der Waals surface area contributed by atoms with Crippen molar-refractivity contribution in [3.8, 4) is 5.75 Å². The number of ether oxygens (including phenoxy) is 2. The molecular formula is C15H15NO4S2. The first-order valence-electron chi connectivity index (χ1n) is 6.36. The van der Waals surface area contributed by atoms with Gasteiger partial charge in [-0.15, -0.1) is 23.1 Å². The smallest absolute Gasteiger partial charge is 0.340 e. The lowest BCUT2D eigenvalue weighted by Crippen LogP contribution is -2.15. The topological polar surface area (TPSA) is 64.6 Å². The zero-order valence-electron chi connectivity index (χ0n) is 12.1. The van der Waals surface area contributed by atoms with Gasteiger partial charge in [0, 0.05) is 4.90 Å².